The molecule has 38 heavy (non-hydrogen) atoms. The van der Waals surface area contributed by atoms with E-state index in [4.69, 9.17) is 15.2 Å². The van der Waals surface area contributed by atoms with Gasteiger partial charge in [0.05, 0.1) is 12.5 Å². The lowest BCUT2D eigenvalue weighted by atomic mass is 9.89. The van der Waals surface area contributed by atoms with Crippen molar-refractivity contribution < 1.29 is 23.9 Å². The molecule has 4 rings (SSSR count). The highest BCUT2D eigenvalue weighted by atomic mass is 32.2. The van der Waals surface area contributed by atoms with Crippen LogP contribution in [0.4, 0.5) is 0 Å². The SMILES string of the molecule is CC(C)C(OC(=O)C1=C(CSc2nnnn2CCN(C)C)CS[C@H]2[C@H](N)C(=O)N12)OC(=O)C1CCCCC1. The van der Waals surface area contributed by atoms with Crippen LogP contribution in [0.5, 0.6) is 0 Å². The molecule has 2 aliphatic heterocycles. The lowest BCUT2D eigenvalue weighted by Gasteiger charge is -2.48. The van der Waals surface area contributed by atoms with Crippen molar-refractivity contribution in [3.8, 4) is 0 Å². The Balaban J connectivity index is 1.50. The molecule has 14 heteroatoms. The molecule has 1 aromatic heterocycles. The van der Waals surface area contributed by atoms with E-state index in [1.165, 1.54) is 28.4 Å². The molecule has 1 saturated carbocycles. The van der Waals surface area contributed by atoms with Crippen molar-refractivity contribution >= 4 is 41.4 Å². The van der Waals surface area contributed by atoms with Crippen molar-refractivity contribution in [3.05, 3.63) is 11.3 Å². The van der Waals surface area contributed by atoms with Gasteiger partial charge in [-0.25, -0.2) is 9.48 Å². The molecule has 0 aromatic carbocycles. The van der Waals surface area contributed by atoms with Crippen molar-refractivity contribution in [3.63, 3.8) is 0 Å². The van der Waals surface area contributed by atoms with Gasteiger partial charge in [0, 0.05) is 24.0 Å². The third-order valence-corrected chi connectivity index (χ3v) is 9.26. The molecular weight excluding hydrogens is 530 g/mol. The molecule has 1 aromatic rings. The highest BCUT2D eigenvalue weighted by Crippen LogP contribution is 2.41. The van der Waals surface area contributed by atoms with E-state index in [0.717, 1.165) is 44.2 Å². The number of fused-ring (bicyclic) bond motifs is 1. The number of likely N-dealkylation sites (N-methyl/N-ethyl adjacent to an activating group) is 1. The zero-order chi connectivity index (χ0) is 27.4. The van der Waals surface area contributed by atoms with Gasteiger partial charge in [0.1, 0.15) is 17.1 Å². The van der Waals surface area contributed by atoms with Crippen molar-refractivity contribution in [2.24, 2.45) is 17.6 Å². The zero-order valence-electron chi connectivity index (χ0n) is 22.4. The maximum absolute atomic E-state index is 13.6. The van der Waals surface area contributed by atoms with Crippen LogP contribution in [0.15, 0.2) is 16.4 Å². The number of nitrogens with two attached hydrogens (primary N) is 1. The number of nitrogens with zero attached hydrogens (tertiary/aromatic N) is 6. The van der Waals surface area contributed by atoms with Crippen LogP contribution in [0, 0.1) is 11.8 Å². The predicted molar refractivity (Wildman–Crippen MR) is 143 cm³/mol. The summed E-state index contributed by atoms with van der Waals surface area (Å²) in [5.41, 5.74) is 6.92. The number of tetrazole rings is 1. The van der Waals surface area contributed by atoms with Crippen LogP contribution in [0.3, 0.4) is 0 Å². The average Bonchev–Trinajstić information content (AvgIpc) is 3.36. The quantitative estimate of drug-likeness (QED) is 0.179. The fraction of sp³-hybridized carbons (Fsp3) is 0.750. The van der Waals surface area contributed by atoms with Crippen molar-refractivity contribution in [2.45, 2.75) is 75.4 Å². The number of esters is 2. The summed E-state index contributed by atoms with van der Waals surface area (Å²) in [5.74, 6) is -0.869. The maximum Gasteiger partial charge on any atom is 0.358 e. The molecule has 1 unspecified atom stereocenters. The highest BCUT2D eigenvalue weighted by Gasteiger charge is 2.52. The summed E-state index contributed by atoms with van der Waals surface area (Å²) in [6, 6.07) is -0.666. The fourth-order valence-electron chi connectivity index (χ4n) is 4.57. The molecule has 3 heterocycles. The van der Waals surface area contributed by atoms with Gasteiger partial charge in [-0.15, -0.1) is 16.9 Å². The van der Waals surface area contributed by atoms with Gasteiger partial charge in [-0.3, -0.25) is 14.5 Å². The molecule has 1 aliphatic carbocycles. The predicted octanol–water partition coefficient (Wildman–Crippen LogP) is 1.47. The molecule has 1 amide bonds. The smallest absolute Gasteiger partial charge is 0.358 e. The van der Waals surface area contributed by atoms with Crippen LogP contribution in [0.25, 0.3) is 0 Å². The van der Waals surface area contributed by atoms with E-state index in [0.29, 0.717) is 23.2 Å². The average molecular weight is 568 g/mol. The van der Waals surface area contributed by atoms with Crippen molar-refractivity contribution in [1.82, 2.24) is 30.0 Å². The minimum Gasteiger partial charge on any atom is -0.425 e. The third kappa shape index (κ3) is 6.52. The van der Waals surface area contributed by atoms with E-state index >= 15 is 0 Å². The van der Waals surface area contributed by atoms with E-state index in [2.05, 4.69) is 15.5 Å². The Morgan fingerprint density at radius 1 is 1.21 bits per heavy atom. The molecule has 12 nitrogen and oxygen atoms in total. The third-order valence-electron chi connectivity index (χ3n) is 6.85. The number of hydrogen-bond donors (Lipinski definition) is 1. The van der Waals surface area contributed by atoms with Gasteiger partial charge in [-0.1, -0.05) is 44.9 Å². The summed E-state index contributed by atoms with van der Waals surface area (Å²) in [5, 5.41) is 12.2. The van der Waals surface area contributed by atoms with E-state index < -0.39 is 18.3 Å². The number of hydrogen-bond acceptors (Lipinski definition) is 12. The number of β-lactam (4-membered cyclic amide) rings is 1. The first-order valence-electron chi connectivity index (χ1n) is 13.0. The van der Waals surface area contributed by atoms with Gasteiger partial charge in [-0.2, -0.15) is 0 Å². The molecule has 2 fully saturated rings. The minimum atomic E-state index is -1.05. The summed E-state index contributed by atoms with van der Waals surface area (Å²) in [4.78, 5) is 42.5. The minimum absolute atomic E-state index is 0.168. The van der Waals surface area contributed by atoms with Crippen molar-refractivity contribution in [2.75, 3.05) is 32.1 Å². The lowest BCUT2D eigenvalue weighted by Crippen LogP contribution is -2.68. The second kappa shape index (κ2) is 12.8. The normalized spacial score (nSPS) is 22.9. The molecule has 210 valence electrons. The van der Waals surface area contributed by atoms with Gasteiger partial charge in [0.15, 0.2) is 0 Å². The summed E-state index contributed by atoms with van der Waals surface area (Å²) in [6.07, 6.45) is 3.64. The first kappa shape index (κ1) is 28.8. The van der Waals surface area contributed by atoms with Gasteiger partial charge < -0.3 is 20.1 Å². The zero-order valence-corrected chi connectivity index (χ0v) is 24.0. The Labute approximate surface area is 231 Å². The van der Waals surface area contributed by atoms with E-state index in [1.54, 1.807) is 4.68 Å². The van der Waals surface area contributed by atoms with Gasteiger partial charge in [0.25, 0.3) is 0 Å². The molecule has 0 bridgehead atoms. The van der Waals surface area contributed by atoms with Gasteiger partial charge in [-0.05, 0) is 42.9 Å². The molecule has 0 radical (unpaired) electrons. The lowest BCUT2D eigenvalue weighted by molar-refractivity contribution is -0.198. The van der Waals surface area contributed by atoms with Crippen LogP contribution in [0.1, 0.15) is 46.0 Å². The van der Waals surface area contributed by atoms with Gasteiger partial charge >= 0.3 is 11.9 Å². The summed E-state index contributed by atoms with van der Waals surface area (Å²) in [7, 11) is 3.95. The second-order valence-electron chi connectivity index (χ2n) is 10.5. The number of carbonyl (C=O) groups is 3. The Morgan fingerprint density at radius 2 is 1.95 bits per heavy atom. The van der Waals surface area contributed by atoms with Crippen LogP contribution >= 0.6 is 23.5 Å². The number of amides is 1. The van der Waals surface area contributed by atoms with E-state index in [-0.39, 0.29) is 34.8 Å². The molecular formula is C24H37N7O5S2. The Morgan fingerprint density at radius 3 is 2.63 bits per heavy atom. The Hall–Kier alpha value is -2.16. The standard InChI is InChI=1S/C24H37N7O5S2/c1-14(2)23(35-21(33)15-8-6-5-7-9-15)36-22(34)18-16(12-37-20-17(25)19(32)31(18)20)13-38-24-26-27-28-30(24)11-10-29(3)4/h14-15,17,20,23H,5-13,25H2,1-4H3/t17-,20+,23?/m1/s1. The number of aromatic nitrogens is 4. The number of rotatable bonds is 11. The molecule has 1 saturated heterocycles. The summed E-state index contributed by atoms with van der Waals surface area (Å²) < 4.78 is 13.2. The van der Waals surface area contributed by atoms with Crippen LogP contribution < -0.4 is 5.73 Å². The fourth-order valence-corrected chi connectivity index (χ4v) is 6.91. The largest absolute Gasteiger partial charge is 0.425 e. The first-order chi connectivity index (χ1) is 18.2. The van der Waals surface area contributed by atoms with Gasteiger partial charge in [0.2, 0.25) is 17.4 Å². The van der Waals surface area contributed by atoms with Crippen LogP contribution in [-0.2, 0) is 30.4 Å². The highest BCUT2D eigenvalue weighted by molar-refractivity contribution is 8.01. The number of ether oxygens (including phenoxy) is 2. The number of thioether (sulfide) groups is 2. The Kier molecular flexibility index (Phi) is 9.71. The molecule has 3 atom stereocenters. The molecule has 2 N–H and O–H groups in total. The van der Waals surface area contributed by atoms with Crippen molar-refractivity contribution in [1.29, 1.82) is 0 Å². The monoisotopic (exact) mass is 567 g/mol. The first-order valence-corrected chi connectivity index (χ1v) is 15.1. The topological polar surface area (TPSA) is 146 Å². The number of carbonyl (C=O) groups excluding carboxylic acids is 3. The molecule has 0 spiro atoms. The Bertz CT molecular complexity index is 1060. The van der Waals surface area contributed by atoms with E-state index in [9.17, 15) is 14.4 Å². The molecule has 3 aliphatic rings. The summed E-state index contributed by atoms with van der Waals surface area (Å²) >= 11 is 2.91. The second-order valence-corrected chi connectivity index (χ2v) is 12.5. The maximum atomic E-state index is 13.6. The van der Waals surface area contributed by atoms with Crippen LogP contribution in [-0.4, -0.2) is 97.7 Å². The van der Waals surface area contributed by atoms with Crippen LogP contribution in [0.2, 0.25) is 0 Å². The van der Waals surface area contributed by atoms with E-state index in [1.807, 2.05) is 32.8 Å². The summed E-state index contributed by atoms with van der Waals surface area (Å²) in [6.45, 7) is 5.05.